The maximum atomic E-state index is 12.2. The van der Waals surface area contributed by atoms with Gasteiger partial charge in [0, 0.05) is 30.7 Å². The lowest BCUT2D eigenvalue weighted by atomic mass is 10.2. The molecular formula is C13H14BrN3O2S. The van der Waals surface area contributed by atoms with E-state index in [1.54, 1.807) is 26.2 Å². The van der Waals surface area contributed by atoms with Crippen LogP contribution in [0.15, 0.2) is 33.7 Å². The Labute approximate surface area is 129 Å². The Hall–Kier alpha value is -1.34. The fraction of sp³-hybridized carbons (Fsp3) is 0.308. The topological polar surface area (TPSA) is 61.8 Å². The molecular weight excluding hydrogens is 342 g/mol. The van der Waals surface area contributed by atoms with E-state index in [9.17, 15) is 9.59 Å². The number of benzene rings is 1. The highest BCUT2D eigenvalue weighted by atomic mass is 79.9. The molecule has 1 aromatic carbocycles. The Kier molecular flexibility index (Phi) is 4.82. The predicted molar refractivity (Wildman–Crippen MR) is 84.9 cm³/mol. The molecule has 0 bridgehead atoms. The minimum atomic E-state index is -0.443. The van der Waals surface area contributed by atoms with E-state index < -0.39 is 5.25 Å². The average molecular weight is 356 g/mol. The quantitative estimate of drug-likeness (QED) is 0.885. The number of rotatable bonds is 2. The van der Waals surface area contributed by atoms with Crippen molar-refractivity contribution in [1.82, 2.24) is 4.90 Å². The zero-order valence-corrected chi connectivity index (χ0v) is 13.5. The molecule has 2 amide bonds. The van der Waals surface area contributed by atoms with Crippen LogP contribution < -0.4 is 5.32 Å². The molecule has 0 aromatic heterocycles. The SMILES string of the molecule is CN=C1S[C@@H](C(=O)Nc2ccc(Br)cc2)CC(=O)N1C. The number of hydrogen-bond acceptors (Lipinski definition) is 4. The highest BCUT2D eigenvalue weighted by Crippen LogP contribution is 2.26. The van der Waals surface area contributed by atoms with E-state index in [1.165, 1.54) is 16.7 Å². The van der Waals surface area contributed by atoms with Gasteiger partial charge in [-0.05, 0) is 24.3 Å². The third kappa shape index (κ3) is 3.40. The van der Waals surface area contributed by atoms with Gasteiger partial charge in [0.1, 0.15) is 5.25 Å². The number of amidine groups is 1. The number of carbonyl (C=O) groups is 2. The molecule has 1 N–H and O–H groups in total. The number of amides is 2. The molecule has 0 radical (unpaired) electrons. The van der Waals surface area contributed by atoms with Crippen LogP contribution in [0.4, 0.5) is 5.69 Å². The molecule has 0 unspecified atom stereocenters. The third-order valence-electron chi connectivity index (χ3n) is 2.86. The Morgan fingerprint density at radius 2 is 2.10 bits per heavy atom. The molecule has 0 spiro atoms. The van der Waals surface area contributed by atoms with Crippen LogP contribution in [0.3, 0.4) is 0 Å². The number of thioether (sulfide) groups is 1. The summed E-state index contributed by atoms with van der Waals surface area (Å²) in [7, 11) is 3.28. The van der Waals surface area contributed by atoms with Gasteiger partial charge >= 0.3 is 0 Å². The van der Waals surface area contributed by atoms with Crippen LogP contribution in [0, 0.1) is 0 Å². The van der Waals surface area contributed by atoms with Gasteiger partial charge in [0.2, 0.25) is 11.8 Å². The summed E-state index contributed by atoms with van der Waals surface area (Å²) in [6, 6.07) is 7.31. The van der Waals surface area contributed by atoms with E-state index >= 15 is 0 Å². The summed E-state index contributed by atoms with van der Waals surface area (Å²) in [4.78, 5) is 29.5. The average Bonchev–Trinajstić information content (AvgIpc) is 2.44. The Morgan fingerprint density at radius 1 is 1.45 bits per heavy atom. The number of hydrogen-bond donors (Lipinski definition) is 1. The molecule has 20 heavy (non-hydrogen) atoms. The zero-order valence-electron chi connectivity index (χ0n) is 11.1. The molecule has 0 saturated carbocycles. The summed E-state index contributed by atoms with van der Waals surface area (Å²) in [5.74, 6) is -0.278. The van der Waals surface area contributed by atoms with Crippen molar-refractivity contribution in [2.45, 2.75) is 11.7 Å². The summed E-state index contributed by atoms with van der Waals surface area (Å²) in [5.41, 5.74) is 0.708. The second-order valence-electron chi connectivity index (χ2n) is 4.27. The number of anilines is 1. The third-order valence-corrected chi connectivity index (χ3v) is 4.73. The normalized spacial score (nSPS) is 21.1. The van der Waals surface area contributed by atoms with Gasteiger partial charge in [-0.15, -0.1) is 0 Å². The minimum Gasteiger partial charge on any atom is -0.325 e. The summed E-state index contributed by atoms with van der Waals surface area (Å²) in [6.45, 7) is 0. The second kappa shape index (κ2) is 6.41. The van der Waals surface area contributed by atoms with E-state index in [2.05, 4.69) is 26.2 Å². The van der Waals surface area contributed by atoms with Crippen molar-refractivity contribution in [3.05, 3.63) is 28.7 Å². The molecule has 7 heteroatoms. The van der Waals surface area contributed by atoms with Crippen molar-refractivity contribution >= 4 is 50.4 Å². The molecule has 5 nitrogen and oxygen atoms in total. The highest BCUT2D eigenvalue weighted by Gasteiger charge is 2.33. The van der Waals surface area contributed by atoms with Gasteiger partial charge in [-0.3, -0.25) is 19.5 Å². The molecule has 2 rings (SSSR count). The Balaban J connectivity index is 2.06. The van der Waals surface area contributed by atoms with E-state index in [1.807, 2.05) is 12.1 Å². The summed E-state index contributed by atoms with van der Waals surface area (Å²) < 4.78 is 0.944. The van der Waals surface area contributed by atoms with Crippen molar-refractivity contribution < 1.29 is 9.59 Å². The van der Waals surface area contributed by atoms with Crippen LogP contribution in [0.5, 0.6) is 0 Å². The van der Waals surface area contributed by atoms with Crippen molar-refractivity contribution in [1.29, 1.82) is 0 Å². The molecule has 106 valence electrons. The van der Waals surface area contributed by atoms with Crippen LogP contribution in [0.2, 0.25) is 0 Å². The van der Waals surface area contributed by atoms with Gasteiger partial charge in [0.25, 0.3) is 0 Å². The monoisotopic (exact) mass is 355 g/mol. The minimum absolute atomic E-state index is 0.0969. The first-order valence-corrected chi connectivity index (χ1v) is 7.65. The standard InChI is InChI=1S/C13H14BrN3O2S/c1-15-13-17(2)11(18)7-10(20-13)12(19)16-9-5-3-8(14)4-6-9/h3-6,10H,7H2,1-2H3,(H,16,19)/t10-/m1/s1. The lowest BCUT2D eigenvalue weighted by Crippen LogP contribution is -2.43. The molecule has 1 saturated heterocycles. The van der Waals surface area contributed by atoms with E-state index in [0.29, 0.717) is 10.9 Å². The maximum Gasteiger partial charge on any atom is 0.238 e. The summed E-state index contributed by atoms with van der Waals surface area (Å²) in [5, 5.41) is 2.94. The fourth-order valence-corrected chi connectivity index (χ4v) is 3.03. The Morgan fingerprint density at radius 3 is 2.70 bits per heavy atom. The smallest absolute Gasteiger partial charge is 0.238 e. The van der Waals surface area contributed by atoms with Crippen LogP contribution in [-0.2, 0) is 9.59 Å². The molecule has 1 heterocycles. The van der Waals surface area contributed by atoms with E-state index in [0.717, 1.165) is 4.47 Å². The Bertz CT molecular complexity index is 559. The molecule has 1 aliphatic heterocycles. The summed E-state index contributed by atoms with van der Waals surface area (Å²) >= 11 is 4.64. The second-order valence-corrected chi connectivity index (χ2v) is 6.35. The number of nitrogens with zero attached hydrogens (tertiary/aromatic N) is 2. The van der Waals surface area contributed by atoms with Crippen molar-refractivity contribution in [2.24, 2.45) is 4.99 Å². The van der Waals surface area contributed by atoms with E-state index in [-0.39, 0.29) is 18.2 Å². The lowest BCUT2D eigenvalue weighted by Gasteiger charge is -2.28. The first-order valence-electron chi connectivity index (χ1n) is 5.97. The first-order chi connectivity index (χ1) is 9.51. The number of nitrogens with one attached hydrogen (secondary N) is 1. The van der Waals surface area contributed by atoms with Gasteiger partial charge in [-0.2, -0.15) is 0 Å². The van der Waals surface area contributed by atoms with E-state index in [4.69, 9.17) is 0 Å². The van der Waals surface area contributed by atoms with Crippen LogP contribution >= 0.6 is 27.7 Å². The summed E-state index contributed by atoms with van der Waals surface area (Å²) in [6.07, 6.45) is 0.183. The molecule has 1 aromatic rings. The van der Waals surface area contributed by atoms with Gasteiger partial charge in [-0.1, -0.05) is 27.7 Å². The van der Waals surface area contributed by atoms with Gasteiger partial charge in [0.05, 0.1) is 0 Å². The fourth-order valence-electron chi connectivity index (χ4n) is 1.76. The zero-order chi connectivity index (χ0) is 14.7. The number of halogens is 1. The maximum absolute atomic E-state index is 12.2. The number of carbonyl (C=O) groups excluding carboxylic acids is 2. The molecule has 0 aliphatic carbocycles. The lowest BCUT2D eigenvalue weighted by molar-refractivity contribution is -0.128. The molecule has 1 fully saturated rings. The van der Waals surface area contributed by atoms with Gasteiger partial charge in [0.15, 0.2) is 5.17 Å². The largest absolute Gasteiger partial charge is 0.325 e. The van der Waals surface area contributed by atoms with Crippen molar-refractivity contribution in [3.8, 4) is 0 Å². The van der Waals surface area contributed by atoms with Crippen molar-refractivity contribution in [3.63, 3.8) is 0 Å². The predicted octanol–water partition coefficient (Wildman–Crippen LogP) is 2.34. The number of aliphatic imine (C=N–C) groups is 1. The van der Waals surface area contributed by atoms with Gasteiger partial charge < -0.3 is 5.32 Å². The molecule has 1 aliphatic rings. The van der Waals surface area contributed by atoms with Crippen LogP contribution in [0.1, 0.15) is 6.42 Å². The first kappa shape index (κ1) is 15.1. The highest BCUT2D eigenvalue weighted by molar-refractivity contribution is 9.10. The molecule has 1 atom stereocenters. The van der Waals surface area contributed by atoms with Crippen LogP contribution in [-0.4, -0.2) is 41.2 Å². The van der Waals surface area contributed by atoms with Gasteiger partial charge in [-0.25, -0.2) is 0 Å². The van der Waals surface area contributed by atoms with Crippen molar-refractivity contribution in [2.75, 3.05) is 19.4 Å². The van der Waals surface area contributed by atoms with Crippen LogP contribution in [0.25, 0.3) is 0 Å².